The third kappa shape index (κ3) is 4.57. The van der Waals surface area contributed by atoms with Crippen LogP contribution in [0, 0.1) is 6.92 Å². The summed E-state index contributed by atoms with van der Waals surface area (Å²) >= 11 is 0. The highest BCUT2D eigenvalue weighted by Crippen LogP contribution is 2.30. The van der Waals surface area contributed by atoms with Crippen molar-refractivity contribution in [3.63, 3.8) is 0 Å². The monoisotopic (exact) mass is 343 g/mol. The maximum absolute atomic E-state index is 2.76. The van der Waals surface area contributed by atoms with Crippen LogP contribution in [0.2, 0.25) is 0 Å². The van der Waals surface area contributed by atoms with Crippen molar-refractivity contribution in [3.05, 3.63) is 29.8 Å². The number of anilines is 1. The Hall–Kier alpha value is -1.06. The van der Waals surface area contributed by atoms with Crippen molar-refractivity contribution in [1.29, 1.82) is 0 Å². The van der Waals surface area contributed by atoms with E-state index in [2.05, 4.69) is 73.7 Å². The lowest BCUT2D eigenvalue weighted by atomic mass is 9.87. The fraction of sp³-hybridized carbons (Fsp3) is 0.727. The fourth-order valence-electron chi connectivity index (χ4n) is 4.46. The summed E-state index contributed by atoms with van der Waals surface area (Å²) in [5, 5.41) is 0. The molecule has 2 fully saturated rings. The second kappa shape index (κ2) is 7.67. The van der Waals surface area contributed by atoms with Gasteiger partial charge in [0.15, 0.2) is 0 Å². The number of piperazine rings is 1. The average Bonchev–Trinajstić information content (AvgIpc) is 2.61. The molecule has 25 heavy (non-hydrogen) atoms. The van der Waals surface area contributed by atoms with Crippen LogP contribution >= 0.6 is 0 Å². The molecule has 3 nitrogen and oxygen atoms in total. The highest BCUT2D eigenvalue weighted by atomic mass is 15.3. The van der Waals surface area contributed by atoms with Gasteiger partial charge in [0.1, 0.15) is 0 Å². The molecule has 0 radical (unpaired) electrons. The SMILES string of the molecule is Cc1ccc(N2CCN(C3CCC(N(C)C(C)(C)C)CC3)CC2)cc1. The molecule has 1 aliphatic heterocycles. The van der Waals surface area contributed by atoms with E-state index in [1.165, 1.54) is 63.1 Å². The van der Waals surface area contributed by atoms with E-state index in [0.717, 1.165) is 12.1 Å². The first kappa shape index (κ1) is 18.7. The van der Waals surface area contributed by atoms with E-state index >= 15 is 0 Å². The Kier molecular flexibility index (Phi) is 5.75. The quantitative estimate of drug-likeness (QED) is 0.816. The molecule has 0 amide bonds. The summed E-state index contributed by atoms with van der Waals surface area (Å²) in [6, 6.07) is 10.6. The Morgan fingerprint density at radius 2 is 1.44 bits per heavy atom. The topological polar surface area (TPSA) is 9.72 Å². The van der Waals surface area contributed by atoms with Crippen LogP contribution < -0.4 is 4.90 Å². The van der Waals surface area contributed by atoms with Gasteiger partial charge in [-0.1, -0.05) is 17.7 Å². The van der Waals surface area contributed by atoms with E-state index < -0.39 is 0 Å². The van der Waals surface area contributed by atoms with Gasteiger partial charge in [0.2, 0.25) is 0 Å². The summed E-state index contributed by atoms with van der Waals surface area (Å²) in [7, 11) is 2.31. The molecule has 1 saturated carbocycles. The van der Waals surface area contributed by atoms with Crippen molar-refractivity contribution < 1.29 is 0 Å². The summed E-state index contributed by atoms with van der Waals surface area (Å²) in [4.78, 5) is 7.91. The van der Waals surface area contributed by atoms with Gasteiger partial charge in [-0.25, -0.2) is 0 Å². The Labute approximate surface area is 155 Å². The van der Waals surface area contributed by atoms with E-state index in [1.807, 2.05) is 0 Å². The first-order valence-corrected chi connectivity index (χ1v) is 10.1. The van der Waals surface area contributed by atoms with Gasteiger partial charge in [0.25, 0.3) is 0 Å². The molecule has 3 heteroatoms. The number of aryl methyl sites for hydroxylation is 1. The minimum absolute atomic E-state index is 0.289. The van der Waals surface area contributed by atoms with Crippen molar-refractivity contribution >= 4 is 5.69 Å². The molecule has 0 N–H and O–H groups in total. The third-order valence-electron chi connectivity index (χ3n) is 6.50. The first-order valence-electron chi connectivity index (χ1n) is 10.1. The zero-order chi connectivity index (χ0) is 18.0. The van der Waals surface area contributed by atoms with Gasteiger partial charge in [-0.05, 0) is 72.6 Å². The van der Waals surface area contributed by atoms with Crippen LogP contribution in [0.4, 0.5) is 5.69 Å². The zero-order valence-corrected chi connectivity index (χ0v) is 17.0. The van der Waals surface area contributed by atoms with Crippen LogP contribution in [0.25, 0.3) is 0 Å². The molecular formula is C22H37N3. The Balaban J connectivity index is 1.47. The van der Waals surface area contributed by atoms with Crippen molar-refractivity contribution in [2.75, 3.05) is 38.1 Å². The van der Waals surface area contributed by atoms with Crippen molar-refractivity contribution in [2.45, 2.75) is 71.0 Å². The lowest BCUT2D eigenvalue weighted by molar-refractivity contribution is 0.0582. The third-order valence-corrected chi connectivity index (χ3v) is 6.50. The minimum atomic E-state index is 0.289. The van der Waals surface area contributed by atoms with Crippen LogP contribution in [0.5, 0.6) is 0 Å². The lowest BCUT2D eigenvalue weighted by Crippen LogP contribution is -2.53. The molecule has 140 valence electrons. The number of hydrogen-bond donors (Lipinski definition) is 0. The molecular weight excluding hydrogens is 306 g/mol. The van der Waals surface area contributed by atoms with E-state index in [0.29, 0.717) is 0 Å². The molecule has 1 aromatic rings. The summed E-state index contributed by atoms with van der Waals surface area (Å²) in [5.74, 6) is 0. The molecule has 0 spiro atoms. The van der Waals surface area contributed by atoms with Gasteiger partial charge in [-0.3, -0.25) is 9.80 Å². The van der Waals surface area contributed by atoms with Gasteiger partial charge in [0.05, 0.1) is 0 Å². The lowest BCUT2D eigenvalue weighted by Gasteiger charge is -2.46. The largest absolute Gasteiger partial charge is 0.369 e. The Morgan fingerprint density at radius 3 is 1.96 bits per heavy atom. The first-order chi connectivity index (χ1) is 11.8. The van der Waals surface area contributed by atoms with Gasteiger partial charge in [-0.2, -0.15) is 0 Å². The highest BCUT2D eigenvalue weighted by Gasteiger charge is 2.32. The molecule has 0 atom stereocenters. The molecule has 3 rings (SSSR count). The Bertz CT molecular complexity index is 529. The highest BCUT2D eigenvalue weighted by molar-refractivity contribution is 5.47. The van der Waals surface area contributed by atoms with E-state index in [-0.39, 0.29) is 5.54 Å². The molecule has 1 aromatic carbocycles. The van der Waals surface area contributed by atoms with Crippen LogP contribution in [-0.2, 0) is 0 Å². The summed E-state index contributed by atoms with van der Waals surface area (Å²) in [6.07, 6.45) is 5.46. The van der Waals surface area contributed by atoms with Gasteiger partial charge < -0.3 is 4.90 Å². The van der Waals surface area contributed by atoms with Crippen molar-refractivity contribution in [3.8, 4) is 0 Å². The van der Waals surface area contributed by atoms with Crippen LogP contribution in [-0.4, -0.2) is 60.6 Å². The molecule has 0 aromatic heterocycles. The average molecular weight is 344 g/mol. The number of nitrogens with zero attached hydrogens (tertiary/aromatic N) is 3. The van der Waals surface area contributed by atoms with Crippen LogP contribution in [0.1, 0.15) is 52.0 Å². The summed E-state index contributed by atoms with van der Waals surface area (Å²) < 4.78 is 0. The normalized spacial score (nSPS) is 26.2. The summed E-state index contributed by atoms with van der Waals surface area (Å²) in [6.45, 7) is 14.0. The standard InChI is InChI=1S/C22H37N3/c1-18-6-8-20(9-7-18)24-14-16-25(17-15-24)21-12-10-19(11-13-21)23(5)22(2,3)4/h6-9,19,21H,10-17H2,1-5H3. The second-order valence-corrected chi connectivity index (χ2v) is 9.10. The van der Waals surface area contributed by atoms with Crippen molar-refractivity contribution in [1.82, 2.24) is 9.80 Å². The number of benzene rings is 1. The van der Waals surface area contributed by atoms with Gasteiger partial charge >= 0.3 is 0 Å². The summed E-state index contributed by atoms with van der Waals surface area (Å²) in [5.41, 5.74) is 3.03. The molecule has 0 unspecified atom stereocenters. The smallest absolute Gasteiger partial charge is 0.0367 e. The number of hydrogen-bond acceptors (Lipinski definition) is 3. The van der Waals surface area contributed by atoms with Crippen LogP contribution in [0.3, 0.4) is 0 Å². The van der Waals surface area contributed by atoms with Crippen molar-refractivity contribution in [2.24, 2.45) is 0 Å². The zero-order valence-electron chi connectivity index (χ0n) is 17.0. The van der Waals surface area contributed by atoms with E-state index in [4.69, 9.17) is 0 Å². The predicted octanol–water partition coefficient (Wildman–Crippen LogP) is 4.16. The maximum atomic E-state index is 2.76. The molecule has 1 aliphatic carbocycles. The maximum Gasteiger partial charge on any atom is 0.0367 e. The van der Waals surface area contributed by atoms with E-state index in [9.17, 15) is 0 Å². The van der Waals surface area contributed by atoms with Gasteiger partial charge in [-0.15, -0.1) is 0 Å². The molecule has 2 aliphatic rings. The fourth-order valence-corrected chi connectivity index (χ4v) is 4.46. The van der Waals surface area contributed by atoms with E-state index in [1.54, 1.807) is 0 Å². The second-order valence-electron chi connectivity index (χ2n) is 9.10. The predicted molar refractivity (Wildman–Crippen MR) is 109 cm³/mol. The molecule has 1 saturated heterocycles. The molecule has 0 bridgehead atoms. The minimum Gasteiger partial charge on any atom is -0.369 e. The Morgan fingerprint density at radius 1 is 0.880 bits per heavy atom. The molecule has 1 heterocycles. The number of rotatable bonds is 3. The van der Waals surface area contributed by atoms with Gasteiger partial charge in [0, 0.05) is 49.5 Å². The van der Waals surface area contributed by atoms with Crippen LogP contribution in [0.15, 0.2) is 24.3 Å².